The van der Waals surface area contributed by atoms with Crippen LogP contribution < -0.4 is 5.73 Å². The number of Topliss-reactive ketones (excluding diaryl/α,β-unsaturated/α-hetero) is 1. The first-order valence-electron chi connectivity index (χ1n) is 7.24. The number of carbonyl (C=O) groups excluding carboxylic acids is 1. The molecule has 0 spiro atoms. The molecule has 19 heavy (non-hydrogen) atoms. The van der Waals surface area contributed by atoms with Gasteiger partial charge in [0.1, 0.15) is 5.82 Å². The average molecular weight is 265 g/mol. The Morgan fingerprint density at radius 3 is 2.42 bits per heavy atom. The van der Waals surface area contributed by atoms with Gasteiger partial charge in [-0.15, -0.1) is 0 Å². The van der Waals surface area contributed by atoms with E-state index in [1.54, 1.807) is 6.07 Å². The van der Waals surface area contributed by atoms with Crippen molar-refractivity contribution in [1.29, 1.82) is 0 Å². The summed E-state index contributed by atoms with van der Waals surface area (Å²) < 4.78 is 13.2. The summed E-state index contributed by atoms with van der Waals surface area (Å²) in [5.41, 5.74) is 5.88. The van der Waals surface area contributed by atoms with E-state index in [1.165, 1.54) is 44.2 Å². The zero-order chi connectivity index (χ0) is 14.1. The van der Waals surface area contributed by atoms with E-state index >= 15 is 0 Å². The van der Waals surface area contributed by atoms with Gasteiger partial charge in [0, 0.05) is 12.0 Å². The van der Waals surface area contributed by atoms with Gasteiger partial charge in [0.2, 0.25) is 0 Å². The molecule has 0 radical (unpaired) electrons. The molecule has 0 amide bonds. The lowest BCUT2D eigenvalue weighted by atomic mass is 10.0. The zero-order valence-electron chi connectivity index (χ0n) is 11.8. The summed E-state index contributed by atoms with van der Waals surface area (Å²) in [6, 6.07) is 4.41. The number of hydrogen-bond donors (Lipinski definition) is 1. The van der Waals surface area contributed by atoms with Gasteiger partial charge in [-0.25, -0.2) is 4.39 Å². The minimum absolute atomic E-state index is 0.0181. The van der Waals surface area contributed by atoms with Gasteiger partial charge in [0.15, 0.2) is 5.78 Å². The number of nitrogen functional groups attached to an aromatic ring is 1. The Morgan fingerprint density at radius 1 is 1.11 bits per heavy atom. The minimum Gasteiger partial charge on any atom is -0.396 e. The Labute approximate surface area is 115 Å². The molecule has 0 saturated heterocycles. The fraction of sp³-hybridized carbons (Fsp3) is 0.562. The van der Waals surface area contributed by atoms with Gasteiger partial charge in [-0.05, 0) is 18.6 Å². The molecule has 2 N–H and O–H groups in total. The predicted molar refractivity (Wildman–Crippen MR) is 77.8 cm³/mol. The zero-order valence-corrected chi connectivity index (χ0v) is 11.8. The van der Waals surface area contributed by atoms with Crippen molar-refractivity contribution in [2.75, 3.05) is 5.73 Å². The molecule has 0 saturated carbocycles. The van der Waals surface area contributed by atoms with E-state index in [9.17, 15) is 9.18 Å². The smallest absolute Gasteiger partial charge is 0.165 e. The molecule has 2 nitrogen and oxygen atoms in total. The molecule has 1 aromatic rings. The van der Waals surface area contributed by atoms with Crippen LogP contribution in [0.5, 0.6) is 0 Å². The third kappa shape index (κ3) is 5.41. The Morgan fingerprint density at radius 2 is 1.74 bits per heavy atom. The normalized spacial score (nSPS) is 10.6. The van der Waals surface area contributed by atoms with Crippen molar-refractivity contribution in [2.45, 2.75) is 58.3 Å². The van der Waals surface area contributed by atoms with Crippen molar-refractivity contribution in [3.8, 4) is 0 Å². The van der Waals surface area contributed by atoms with Crippen molar-refractivity contribution < 1.29 is 9.18 Å². The quantitative estimate of drug-likeness (QED) is 0.398. The van der Waals surface area contributed by atoms with Crippen molar-refractivity contribution in [1.82, 2.24) is 0 Å². The fourth-order valence-corrected chi connectivity index (χ4v) is 2.16. The molecule has 0 aliphatic rings. The molecule has 0 aliphatic carbocycles. The van der Waals surface area contributed by atoms with E-state index in [-0.39, 0.29) is 11.5 Å². The number of rotatable bonds is 9. The summed E-state index contributed by atoms with van der Waals surface area (Å²) in [6.07, 6.45) is 8.61. The van der Waals surface area contributed by atoms with E-state index in [1.807, 2.05) is 0 Å². The standard InChI is InChI=1S/C16H24FNO/c1-2-3-4-5-6-7-8-12-15(19)13-10-9-11-14(17)16(13)18/h9-11H,2-8,12,18H2,1H3. The lowest BCUT2D eigenvalue weighted by Gasteiger charge is -2.05. The Balaban J connectivity index is 2.26. The lowest BCUT2D eigenvalue weighted by molar-refractivity contribution is 0.0979. The van der Waals surface area contributed by atoms with Crippen molar-refractivity contribution in [3.05, 3.63) is 29.6 Å². The first kappa shape index (κ1) is 15.7. The Hall–Kier alpha value is -1.38. The summed E-state index contributed by atoms with van der Waals surface area (Å²) in [4.78, 5) is 11.9. The van der Waals surface area contributed by atoms with Crippen LogP contribution in [-0.2, 0) is 0 Å². The van der Waals surface area contributed by atoms with E-state index in [0.717, 1.165) is 12.8 Å². The molecule has 1 rings (SSSR count). The number of carbonyl (C=O) groups is 1. The second-order valence-electron chi connectivity index (χ2n) is 5.00. The highest BCUT2D eigenvalue weighted by Crippen LogP contribution is 2.19. The number of benzene rings is 1. The highest BCUT2D eigenvalue weighted by Gasteiger charge is 2.11. The number of unbranched alkanes of at least 4 members (excludes halogenated alkanes) is 6. The molecule has 0 bridgehead atoms. The van der Waals surface area contributed by atoms with Gasteiger partial charge in [0.25, 0.3) is 0 Å². The molecule has 0 heterocycles. The van der Waals surface area contributed by atoms with Gasteiger partial charge in [-0.3, -0.25) is 4.79 Å². The molecule has 0 aliphatic heterocycles. The van der Waals surface area contributed by atoms with Crippen LogP contribution in [0.2, 0.25) is 0 Å². The number of halogens is 1. The van der Waals surface area contributed by atoms with Crippen LogP contribution in [0.15, 0.2) is 18.2 Å². The van der Waals surface area contributed by atoms with E-state index in [4.69, 9.17) is 5.73 Å². The predicted octanol–water partition coefficient (Wildman–Crippen LogP) is 4.73. The number of nitrogens with two attached hydrogens (primary N) is 1. The fourth-order valence-electron chi connectivity index (χ4n) is 2.16. The second-order valence-corrected chi connectivity index (χ2v) is 5.00. The Bertz CT molecular complexity index is 404. The van der Waals surface area contributed by atoms with E-state index in [2.05, 4.69) is 6.92 Å². The molecular formula is C16H24FNO. The molecule has 0 atom stereocenters. The summed E-state index contributed by atoms with van der Waals surface area (Å²) in [6.45, 7) is 2.20. The van der Waals surface area contributed by atoms with Gasteiger partial charge < -0.3 is 5.73 Å². The molecule has 106 valence electrons. The summed E-state index contributed by atoms with van der Waals surface area (Å²) in [5.74, 6) is -0.559. The first-order chi connectivity index (χ1) is 9.16. The average Bonchev–Trinajstić information content (AvgIpc) is 2.40. The highest BCUT2D eigenvalue weighted by molar-refractivity contribution is 6.00. The van der Waals surface area contributed by atoms with Gasteiger partial charge in [-0.2, -0.15) is 0 Å². The maximum Gasteiger partial charge on any atom is 0.165 e. The maximum absolute atomic E-state index is 13.2. The van der Waals surface area contributed by atoms with Gasteiger partial charge in [0.05, 0.1) is 5.69 Å². The molecule has 1 aromatic carbocycles. The second kappa shape index (κ2) is 8.68. The number of hydrogen-bond acceptors (Lipinski definition) is 2. The van der Waals surface area contributed by atoms with Crippen LogP contribution in [0.25, 0.3) is 0 Å². The molecule has 0 unspecified atom stereocenters. The summed E-state index contributed by atoms with van der Waals surface area (Å²) in [7, 11) is 0. The van der Waals surface area contributed by atoms with Crippen LogP contribution in [0.1, 0.15) is 68.6 Å². The number of para-hydroxylation sites is 1. The topological polar surface area (TPSA) is 43.1 Å². The largest absolute Gasteiger partial charge is 0.396 e. The lowest BCUT2D eigenvalue weighted by Crippen LogP contribution is -2.05. The third-order valence-corrected chi connectivity index (χ3v) is 3.36. The maximum atomic E-state index is 13.2. The monoisotopic (exact) mass is 265 g/mol. The van der Waals surface area contributed by atoms with Crippen molar-refractivity contribution in [3.63, 3.8) is 0 Å². The van der Waals surface area contributed by atoms with E-state index in [0.29, 0.717) is 12.0 Å². The molecule has 0 aromatic heterocycles. The summed E-state index contributed by atoms with van der Waals surface area (Å²) in [5, 5.41) is 0. The van der Waals surface area contributed by atoms with Crippen LogP contribution in [0.4, 0.5) is 10.1 Å². The van der Waals surface area contributed by atoms with Crippen LogP contribution in [-0.4, -0.2) is 5.78 Å². The highest BCUT2D eigenvalue weighted by atomic mass is 19.1. The molecular weight excluding hydrogens is 241 g/mol. The summed E-state index contributed by atoms with van der Waals surface area (Å²) >= 11 is 0. The molecule has 0 fully saturated rings. The van der Waals surface area contributed by atoms with Crippen molar-refractivity contribution in [2.24, 2.45) is 0 Å². The molecule has 3 heteroatoms. The number of anilines is 1. The van der Waals surface area contributed by atoms with E-state index < -0.39 is 5.82 Å². The third-order valence-electron chi connectivity index (χ3n) is 3.36. The van der Waals surface area contributed by atoms with Crippen LogP contribution in [0.3, 0.4) is 0 Å². The van der Waals surface area contributed by atoms with Gasteiger partial charge >= 0.3 is 0 Å². The van der Waals surface area contributed by atoms with Gasteiger partial charge in [-0.1, -0.05) is 51.5 Å². The first-order valence-corrected chi connectivity index (χ1v) is 7.24. The SMILES string of the molecule is CCCCCCCCCC(=O)c1cccc(F)c1N. The number of ketones is 1. The minimum atomic E-state index is -0.509. The Kier molecular flexibility index (Phi) is 7.16. The van der Waals surface area contributed by atoms with Crippen LogP contribution in [0, 0.1) is 5.82 Å². The van der Waals surface area contributed by atoms with Crippen molar-refractivity contribution >= 4 is 11.5 Å². The van der Waals surface area contributed by atoms with Crippen LogP contribution >= 0.6 is 0 Å².